The fourth-order valence-corrected chi connectivity index (χ4v) is 2.75. The minimum absolute atomic E-state index is 0.0856. The number of carbonyl (C=O) groups excluding carboxylic acids is 1. The molecule has 0 spiro atoms. The summed E-state index contributed by atoms with van der Waals surface area (Å²) in [4.78, 5) is 14.5. The number of nitrogens with two attached hydrogens (primary N) is 1. The maximum absolute atomic E-state index is 12.5. The van der Waals surface area contributed by atoms with Gasteiger partial charge in [0.25, 0.3) is 5.91 Å². The van der Waals surface area contributed by atoms with Crippen LogP contribution in [0.5, 0.6) is 0 Å². The number of likely N-dealkylation sites (tertiary alicyclic amines) is 1. The van der Waals surface area contributed by atoms with Gasteiger partial charge in [0.15, 0.2) is 0 Å². The second-order valence-corrected chi connectivity index (χ2v) is 5.30. The number of benzene rings is 1. The Bertz CT molecular complexity index is 606. The van der Waals surface area contributed by atoms with Crippen molar-refractivity contribution in [2.45, 2.75) is 31.8 Å². The first-order valence-electron chi connectivity index (χ1n) is 6.65. The maximum atomic E-state index is 12.5. The molecule has 0 aliphatic carbocycles. The number of hydrogen-bond acceptors (Lipinski definition) is 3. The van der Waals surface area contributed by atoms with E-state index in [2.05, 4.69) is 17.1 Å². The highest BCUT2D eigenvalue weighted by Gasteiger charge is 2.27. The van der Waals surface area contributed by atoms with Crippen LogP contribution >= 0.6 is 0 Å². The first-order valence-corrected chi connectivity index (χ1v) is 6.65. The van der Waals surface area contributed by atoms with Gasteiger partial charge in [0, 0.05) is 29.6 Å². The van der Waals surface area contributed by atoms with Gasteiger partial charge >= 0.3 is 0 Å². The predicted octanol–water partition coefficient (Wildman–Crippen LogP) is 1.51. The zero-order valence-electron chi connectivity index (χ0n) is 11.0. The van der Waals surface area contributed by atoms with Crippen molar-refractivity contribution >= 4 is 16.8 Å². The lowest BCUT2D eigenvalue weighted by atomic mass is 9.98. The highest BCUT2D eigenvalue weighted by molar-refractivity contribution is 5.98. The van der Waals surface area contributed by atoms with E-state index in [9.17, 15) is 4.79 Å². The fraction of sp³-hybridized carbons (Fsp3) is 0.429. The molecule has 19 heavy (non-hydrogen) atoms. The molecule has 1 aliphatic heterocycles. The molecule has 1 aromatic heterocycles. The molecule has 3 N–H and O–H groups in total. The first kappa shape index (κ1) is 12.2. The molecule has 0 radical (unpaired) electrons. The number of piperidine rings is 1. The van der Waals surface area contributed by atoms with E-state index in [-0.39, 0.29) is 18.0 Å². The van der Waals surface area contributed by atoms with Crippen molar-refractivity contribution in [1.82, 2.24) is 15.1 Å². The smallest absolute Gasteiger partial charge is 0.254 e. The summed E-state index contributed by atoms with van der Waals surface area (Å²) in [5, 5.41) is 7.83. The van der Waals surface area contributed by atoms with E-state index in [0.29, 0.717) is 0 Å². The molecule has 2 atom stereocenters. The number of carbonyl (C=O) groups is 1. The van der Waals surface area contributed by atoms with Crippen molar-refractivity contribution in [3.8, 4) is 0 Å². The average molecular weight is 258 g/mol. The molecule has 3 rings (SSSR count). The van der Waals surface area contributed by atoms with Crippen molar-refractivity contribution in [2.24, 2.45) is 5.73 Å². The largest absolute Gasteiger partial charge is 0.336 e. The molecule has 100 valence electrons. The van der Waals surface area contributed by atoms with E-state index in [1.165, 1.54) is 0 Å². The molecule has 5 heteroatoms. The average Bonchev–Trinajstić information content (AvgIpc) is 2.85. The molecule has 1 amide bonds. The van der Waals surface area contributed by atoms with Crippen LogP contribution in [0.3, 0.4) is 0 Å². The van der Waals surface area contributed by atoms with Crippen LogP contribution in [0.1, 0.15) is 30.1 Å². The molecule has 2 unspecified atom stereocenters. The van der Waals surface area contributed by atoms with E-state index < -0.39 is 0 Å². The number of fused-ring (bicyclic) bond motifs is 1. The van der Waals surface area contributed by atoms with Crippen molar-refractivity contribution < 1.29 is 4.79 Å². The van der Waals surface area contributed by atoms with Crippen molar-refractivity contribution in [1.29, 1.82) is 0 Å². The summed E-state index contributed by atoms with van der Waals surface area (Å²) in [6, 6.07) is 6.06. The van der Waals surface area contributed by atoms with Gasteiger partial charge in [-0.2, -0.15) is 5.10 Å². The Morgan fingerprint density at radius 1 is 1.53 bits per heavy atom. The Morgan fingerprint density at radius 3 is 3.16 bits per heavy atom. The van der Waals surface area contributed by atoms with Gasteiger partial charge in [-0.3, -0.25) is 9.89 Å². The van der Waals surface area contributed by atoms with Gasteiger partial charge in [0.1, 0.15) is 0 Å². The second kappa shape index (κ2) is 4.66. The first-order chi connectivity index (χ1) is 9.15. The zero-order valence-corrected chi connectivity index (χ0v) is 11.0. The molecule has 1 saturated heterocycles. The summed E-state index contributed by atoms with van der Waals surface area (Å²) in [6.07, 6.45) is 3.49. The van der Waals surface area contributed by atoms with Gasteiger partial charge in [-0.15, -0.1) is 0 Å². The normalized spacial score (nSPS) is 23.8. The van der Waals surface area contributed by atoms with E-state index in [4.69, 9.17) is 5.73 Å². The third kappa shape index (κ3) is 2.21. The van der Waals surface area contributed by atoms with Crippen LogP contribution in [0.15, 0.2) is 24.4 Å². The summed E-state index contributed by atoms with van der Waals surface area (Å²) in [7, 11) is 0. The van der Waals surface area contributed by atoms with Crippen LogP contribution in [-0.4, -0.2) is 39.6 Å². The Kier molecular flexibility index (Phi) is 2.98. The molecule has 0 saturated carbocycles. The summed E-state index contributed by atoms with van der Waals surface area (Å²) in [5.74, 6) is 0.0856. The topological polar surface area (TPSA) is 75.0 Å². The van der Waals surface area contributed by atoms with Crippen LogP contribution in [0.4, 0.5) is 0 Å². The molecule has 5 nitrogen and oxygen atoms in total. The standard InChI is InChI=1S/C14H18N4O/c1-9-6-12(15)4-5-18(9)14(19)10-2-3-13-11(7-10)8-16-17-13/h2-3,7-9,12H,4-6,15H2,1H3,(H,16,17). The van der Waals surface area contributed by atoms with Gasteiger partial charge in [0.2, 0.25) is 0 Å². The van der Waals surface area contributed by atoms with E-state index in [0.717, 1.165) is 35.9 Å². The maximum Gasteiger partial charge on any atom is 0.254 e. The number of aromatic nitrogens is 2. The van der Waals surface area contributed by atoms with Gasteiger partial charge in [-0.05, 0) is 38.0 Å². The van der Waals surface area contributed by atoms with E-state index in [1.54, 1.807) is 6.20 Å². The van der Waals surface area contributed by atoms with Gasteiger partial charge in [-0.25, -0.2) is 0 Å². The number of nitrogens with zero attached hydrogens (tertiary/aromatic N) is 2. The minimum Gasteiger partial charge on any atom is -0.336 e. The minimum atomic E-state index is 0.0856. The number of amides is 1. The molecule has 1 aliphatic rings. The molecule has 2 aromatic rings. The van der Waals surface area contributed by atoms with Crippen LogP contribution in [0.25, 0.3) is 10.9 Å². The number of nitrogens with one attached hydrogen (secondary N) is 1. The number of hydrogen-bond donors (Lipinski definition) is 2. The van der Waals surface area contributed by atoms with Gasteiger partial charge < -0.3 is 10.6 Å². The zero-order chi connectivity index (χ0) is 13.4. The van der Waals surface area contributed by atoms with Gasteiger partial charge in [-0.1, -0.05) is 0 Å². The molecule has 1 aromatic carbocycles. The summed E-state index contributed by atoms with van der Waals surface area (Å²) < 4.78 is 0. The molecular weight excluding hydrogens is 240 g/mol. The number of aromatic amines is 1. The second-order valence-electron chi connectivity index (χ2n) is 5.30. The highest BCUT2D eigenvalue weighted by atomic mass is 16.2. The Balaban J connectivity index is 1.86. The van der Waals surface area contributed by atoms with Crippen molar-refractivity contribution in [2.75, 3.05) is 6.54 Å². The fourth-order valence-electron chi connectivity index (χ4n) is 2.75. The molecular formula is C14H18N4O. The Morgan fingerprint density at radius 2 is 2.37 bits per heavy atom. The molecule has 1 fully saturated rings. The quantitative estimate of drug-likeness (QED) is 0.814. The number of H-pyrrole nitrogens is 1. The monoisotopic (exact) mass is 258 g/mol. The van der Waals surface area contributed by atoms with E-state index >= 15 is 0 Å². The highest BCUT2D eigenvalue weighted by Crippen LogP contribution is 2.20. The SMILES string of the molecule is CC1CC(N)CCN1C(=O)c1ccc2[nH]ncc2c1. The third-order valence-corrected chi connectivity index (χ3v) is 3.86. The summed E-state index contributed by atoms with van der Waals surface area (Å²) in [5.41, 5.74) is 7.60. The van der Waals surface area contributed by atoms with Crippen molar-refractivity contribution in [3.63, 3.8) is 0 Å². The lowest BCUT2D eigenvalue weighted by Crippen LogP contribution is -2.48. The Hall–Kier alpha value is -1.88. The van der Waals surface area contributed by atoms with Crippen LogP contribution in [0, 0.1) is 0 Å². The summed E-state index contributed by atoms with van der Waals surface area (Å²) in [6.45, 7) is 2.80. The van der Waals surface area contributed by atoms with Crippen LogP contribution in [0.2, 0.25) is 0 Å². The lowest BCUT2D eigenvalue weighted by molar-refractivity contribution is 0.0619. The molecule has 2 heterocycles. The molecule has 0 bridgehead atoms. The number of rotatable bonds is 1. The summed E-state index contributed by atoms with van der Waals surface area (Å²) >= 11 is 0. The third-order valence-electron chi connectivity index (χ3n) is 3.86. The lowest BCUT2D eigenvalue weighted by Gasteiger charge is -2.36. The van der Waals surface area contributed by atoms with Gasteiger partial charge in [0.05, 0.1) is 11.7 Å². The van der Waals surface area contributed by atoms with Crippen molar-refractivity contribution in [3.05, 3.63) is 30.0 Å². The van der Waals surface area contributed by atoms with Crippen LogP contribution < -0.4 is 5.73 Å². The Labute approximate surface area is 111 Å². The van der Waals surface area contributed by atoms with Crippen LogP contribution in [-0.2, 0) is 0 Å². The predicted molar refractivity (Wildman–Crippen MR) is 73.8 cm³/mol. The van der Waals surface area contributed by atoms with E-state index in [1.807, 2.05) is 23.1 Å².